The van der Waals surface area contributed by atoms with E-state index < -0.39 is 5.82 Å². The van der Waals surface area contributed by atoms with E-state index in [0.717, 1.165) is 17.3 Å². The van der Waals surface area contributed by atoms with Gasteiger partial charge in [-0.25, -0.2) is 14.4 Å². The maximum atomic E-state index is 15.6. The van der Waals surface area contributed by atoms with E-state index >= 15 is 4.39 Å². The van der Waals surface area contributed by atoms with Gasteiger partial charge in [0.1, 0.15) is 29.5 Å². The number of nitrogens with two attached hydrogens (primary N) is 1. The molecule has 39 heavy (non-hydrogen) atoms. The molecule has 0 bridgehead atoms. The highest BCUT2D eigenvalue weighted by atomic mass is 19.1. The molecular weight excluding hydrogens is 495 g/mol. The molecule has 198 valence electrons. The molecule has 0 aliphatic carbocycles. The molecule has 4 aromatic rings. The molecule has 2 aromatic carbocycles. The molecule has 1 aliphatic rings. The summed E-state index contributed by atoms with van der Waals surface area (Å²) in [6.07, 6.45) is 5.21. The Labute approximate surface area is 226 Å². The van der Waals surface area contributed by atoms with Gasteiger partial charge >= 0.3 is 0 Å². The number of rotatable bonds is 7. The van der Waals surface area contributed by atoms with E-state index in [2.05, 4.69) is 26.5 Å². The van der Waals surface area contributed by atoms with E-state index in [1.807, 2.05) is 31.2 Å². The van der Waals surface area contributed by atoms with E-state index in [0.29, 0.717) is 41.6 Å². The SMILES string of the molecule is C=CC(=O)N1CCC(C(C)c2ncnc(N)c2C(=NC)c2ccc(Oc3ccnc4ccccc34)cc2F)C1. The Kier molecular flexibility index (Phi) is 7.31. The third-order valence-corrected chi connectivity index (χ3v) is 7.25. The number of halogens is 1. The first-order chi connectivity index (χ1) is 18.9. The number of likely N-dealkylation sites (tertiary alicyclic amines) is 1. The fourth-order valence-corrected chi connectivity index (χ4v) is 5.15. The van der Waals surface area contributed by atoms with Crippen LogP contribution in [0.1, 0.15) is 36.1 Å². The molecular formula is C30H29FN6O2. The van der Waals surface area contributed by atoms with Crippen molar-refractivity contribution in [3.63, 3.8) is 0 Å². The van der Waals surface area contributed by atoms with Gasteiger partial charge in [-0.15, -0.1) is 0 Å². The number of benzene rings is 2. The maximum absolute atomic E-state index is 15.6. The molecule has 0 spiro atoms. The molecule has 0 saturated carbocycles. The minimum Gasteiger partial charge on any atom is -0.456 e. The topological polar surface area (TPSA) is 107 Å². The molecule has 0 radical (unpaired) electrons. The van der Waals surface area contributed by atoms with Crippen molar-refractivity contribution < 1.29 is 13.9 Å². The normalized spacial score (nSPS) is 16.3. The number of carbonyl (C=O) groups is 1. The highest BCUT2D eigenvalue weighted by Gasteiger charge is 2.33. The molecule has 1 aliphatic heterocycles. The third-order valence-electron chi connectivity index (χ3n) is 7.25. The van der Waals surface area contributed by atoms with E-state index in [4.69, 9.17) is 10.5 Å². The summed E-state index contributed by atoms with van der Waals surface area (Å²) in [5.74, 6) is 0.601. The number of para-hydroxylation sites is 1. The minimum absolute atomic E-state index is 0.0738. The van der Waals surface area contributed by atoms with Crippen LogP contribution in [-0.4, -0.2) is 51.6 Å². The molecule has 2 unspecified atom stereocenters. The van der Waals surface area contributed by atoms with Gasteiger partial charge in [0.05, 0.1) is 22.5 Å². The first-order valence-corrected chi connectivity index (χ1v) is 12.7. The Hall–Kier alpha value is -4.66. The van der Waals surface area contributed by atoms with Gasteiger partial charge in [0.25, 0.3) is 0 Å². The van der Waals surface area contributed by atoms with Crippen LogP contribution in [-0.2, 0) is 4.79 Å². The number of nitrogens with zero attached hydrogens (tertiary/aromatic N) is 5. The zero-order valence-electron chi connectivity index (χ0n) is 21.8. The Morgan fingerprint density at radius 2 is 2.05 bits per heavy atom. The lowest BCUT2D eigenvalue weighted by Crippen LogP contribution is -2.28. The summed E-state index contributed by atoms with van der Waals surface area (Å²) in [7, 11) is 1.59. The number of amides is 1. The Morgan fingerprint density at radius 3 is 2.82 bits per heavy atom. The number of pyridine rings is 1. The Morgan fingerprint density at radius 1 is 1.23 bits per heavy atom. The van der Waals surface area contributed by atoms with E-state index in [9.17, 15) is 4.79 Å². The first kappa shape index (κ1) is 26.0. The number of aromatic nitrogens is 3. The van der Waals surface area contributed by atoms with Crippen LogP contribution in [0.2, 0.25) is 0 Å². The molecule has 1 fully saturated rings. The van der Waals surface area contributed by atoms with Crippen LogP contribution in [0.25, 0.3) is 10.9 Å². The van der Waals surface area contributed by atoms with Gasteiger partial charge in [0.15, 0.2) is 0 Å². The number of anilines is 1. The number of carbonyl (C=O) groups excluding carboxylic acids is 1. The second kappa shape index (κ2) is 11.0. The first-order valence-electron chi connectivity index (χ1n) is 12.7. The molecule has 2 N–H and O–H groups in total. The van der Waals surface area contributed by atoms with Crippen LogP contribution in [0.4, 0.5) is 10.2 Å². The highest BCUT2D eigenvalue weighted by molar-refractivity contribution is 6.16. The molecule has 3 heterocycles. The molecule has 9 heteroatoms. The fraction of sp³-hybridized carbons (Fsp3) is 0.233. The Bertz CT molecular complexity index is 1580. The van der Waals surface area contributed by atoms with Crippen molar-refractivity contribution in [1.29, 1.82) is 0 Å². The van der Waals surface area contributed by atoms with Crippen molar-refractivity contribution in [2.24, 2.45) is 10.9 Å². The van der Waals surface area contributed by atoms with Crippen LogP contribution < -0.4 is 10.5 Å². The zero-order valence-corrected chi connectivity index (χ0v) is 21.8. The van der Waals surface area contributed by atoms with Crippen molar-refractivity contribution in [3.05, 3.63) is 96.3 Å². The monoisotopic (exact) mass is 524 g/mol. The van der Waals surface area contributed by atoms with E-state index in [1.165, 1.54) is 18.5 Å². The van der Waals surface area contributed by atoms with Gasteiger partial charge in [0.2, 0.25) is 5.91 Å². The lowest BCUT2D eigenvalue weighted by atomic mass is 9.86. The molecule has 1 amide bonds. The number of nitrogen functional groups attached to an aromatic ring is 1. The van der Waals surface area contributed by atoms with Crippen molar-refractivity contribution in [2.45, 2.75) is 19.3 Å². The number of hydrogen-bond acceptors (Lipinski definition) is 7. The Balaban J connectivity index is 1.46. The molecule has 2 atom stereocenters. The summed E-state index contributed by atoms with van der Waals surface area (Å²) in [6, 6.07) is 14.0. The summed E-state index contributed by atoms with van der Waals surface area (Å²) in [5, 5.41) is 0.827. The quantitative estimate of drug-likeness (QED) is 0.265. The van der Waals surface area contributed by atoms with Gasteiger partial charge in [0, 0.05) is 49.3 Å². The van der Waals surface area contributed by atoms with Gasteiger partial charge in [-0.2, -0.15) is 0 Å². The van der Waals surface area contributed by atoms with E-state index in [1.54, 1.807) is 36.3 Å². The smallest absolute Gasteiger partial charge is 0.245 e. The van der Waals surface area contributed by atoms with Gasteiger partial charge in [-0.05, 0) is 48.7 Å². The minimum atomic E-state index is -0.517. The van der Waals surface area contributed by atoms with Crippen LogP contribution >= 0.6 is 0 Å². The second-order valence-corrected chi connectivity index (χ2v) is 9.49. The second-order valence-electron chi connectivity index (χ2n) is 9.49. The summed E-state index contributed by atoms with van der Waals surface area (Å²) < 4.78 is 21.7. The standard InChI is InChI=1S/C30H29FN6O2/c1-4-26(38)37-14-12-19(16-37)18(2)28-27(30(32)36-17-35-28)29(33-3)21-10-9-20(15-23(21)31)39-25-11-13-34-24-8-6-5-7-22(24)25/h4-11,13,15,17-19H,1,12,14,16H2,2-3H3,(H2,32,35,36). The average Bonchev–Trinajstić information content (AvgIpc) is 3.45. The lowest BCUT2D eigenvalue weighted by molar-refractivity contribution is -0.125. The lowest BCUT2D eigenvalue weighted by Gasteiger charge is -2.23. The molecule has 8 nitrogen and oxygen atoms in total. The number of ether oxygens (including phenoxy) is 1. The van der Waals surface area contributed by atoms with Crippen LogP contribution in [0.5, 0.6) is 11.5 Å². The number of hydrogen-bond donors (Lipinski definition) is 1. The summed E-state index contributed by atoms with van der Waals surface area (Å²) in [6.45, 7) is 6.85. The summed E-state index contributed by atoms with van der Waals surface area (Å²) in [4.78, 5) is 31.4. The number of aliphatic imine (C=N–C) groups is 1. The average molecular weight is 525 g/mol. The zero-order chi connectivity index (χ0) is 27.5. The van der Waals surface area contributed by atoms with Gasteiger partial charge < -0.3 is 15.4 Å². The number of fused-ring (bicyclic) bond motifs is 1. The van der Waals surface area contributed by atoms with Gasteiger partial charge in [-0.1, -0.05) is 25.6 Å². The van der Waals surface area contributed by atoms with E-state index in [-0.39, 0.29) is 29.1 Å². The van der Waals surface area contributed by atoms with Crippen molar-refractivity contribution in [2.75, 3.05) is 25.9 Å². The molecule has 5 rings (SSSR count). The molecule has 2 aromatic heterocycles. The predicted molar refractivity (Wildman–Crippen MR) is 150 cm³/mol. The largest absolute Gasteiger partial charge is 0.456 e. The van der Waals surface area contributed by atoms with Crippen molar-refractivity contribution in [1.82, 2.24) is 19.9 Å². The van der Waals surface area contributed by atoms with Crippen molar-refractivity contribution >= 4 is 28.3 Å². The van der Waals surface area contributed by atoms with Crippen LogP contribution in [0, 0.1) is 11.7 Å². The van der Waals surface area contributed by atoms with Crippen LogP contribution in [0.15, 0.2) is 78.7 Å². The van der Waals surface area contributed by atoms with Crippen LogP contribution in [0.3, 0.4) is 0 Å². The van der Waals surface area contributed by atoms with Crippen molar-refractivity contribution in [3.8, 4) is 11.5 Å². The fourth-order valence-electron chi connectivity index (χ4n) is 5.15. The predicted octanol–water partition coefficient (Wildman–Crippen LogP) is 5.14. The molecule has 1 saturated heterocycles. The third kappa shape index (κ3) is 5.07. The highest BCUT2D eigenvalue weighted by Crippen LogP contribution is 2.36. The summed E-state index contributed by atoms with van der Waals surface area (Å²) >= 11 is 0. The summed E-state index contributed by atoms with van der Waals surface area (Å²) in [5.41, 5.74) is 8.90. The van der Waals surface area contributed by atoms with Gasteiger partial charge in [-0.3, -0.25) is 14.8 Å². The maximum Gasteiger partial charge on any atom is 0.245 e.